The summed E-state index contributed by atoms with van der Waals surface area (Å²) in [5.74, 6) is 0.805. The van der Waals surface area contributed by atoms with Crippen LogP contribution in [-0.2, 0) is 30.3 Å². The van der Waals surface area contributed by atoms with Crippen molar-refractivity contribution in [2.24, 2.45) is 0 Å². The van der Waals surface area contributed by atoms with E-state index in [0.717, 1.165) is 11.5 Å². The highest BCUT2D eigenvalue weighted by molar-refractivity contribution is 5.72. The Kier molecular flexibility index (Phi) is 6.26. The summed E-state index contributed by atoms with van der Waals surface area (Å²) in [6.07, 6.45) is -0.170. The molecule has 3 heterocycles. The molecule has 2 aromatic heterocycles. The summed E-state index contributed by atoms with van der Waals surface area (Å²) in [5.41, 5.74) is 5.27. The van der Waals surface area contributed by atoms with Gasteiger partial charge in [-0.1, -0.05) is 12.8 Å². The summed E-state index contributed by atoms with van der Waals surface area (Å²) in [5, 5.41) is 0. The Morgan fingerprint density at radius 1 is 1.42 bits per heavy atom. The molecular weight excluding hydrogens is 413 g/mol. The van der Waals surface area contributed by atoms with E-state index in [-0.39, 0.29) is 30.1 Å². The third kappa shape index (κ3) is 4.09. The van der Waals surface area contributed by atoms with E-state index in [1.54, 1.807) is 6.92 Å². The molecule has 1 aliphatic heterocycles. The average Bonchev–Trinajstić information content (AvgIpc) is 3.14. The summed E-state index contributed by atoms with van der Waals surface area (Å²) in [6.45, 7) is 3.85. The van der Waals surface area contributed by atoms with Gasteiger partial charge < -0.3 is 19.9 Å². The van der Waals surface area contributed by atoms with Gasteiger partial charge in [0.1, 0.15) is 17.7 Å². The predicted molar refractivity (Wildman–Crippen MR) is 105 cm³/mol. The number of nitrogen functional groups attached to an aromatic ring is 1. The Bertz CT molecular complexity index is 1110. The van der Waals surface area contributed by atoms with Crippen LogP contribution in [-0.4, -0.2) is 55.5 Å². The quantitative estimate of drug-likeness (QED) is 0.501. The number of anilines is 1. The summed E-state index contributed by atoms with van der Waals surface area (Å²) >= 11 is 0. The first kappa shape index (κ1) is 22.2. The lowest BCUT2D eigenvalue weighted by atomic mass is 10.0. The molecule has 0 bridgehead atoms. The van der Waals surface area contributed by atoms with Gasteiger partial charge in [-0.05, 0) is 6.42 Å². The first-order valence-electron chi connectivity index (χ1n) is 9.50. The SMILES string of the molecule is C#CCn1c(=O)n([C@@H]2O[C@H]([C@H](CC)OC(C)=O)[C@H](F)[C@H]2OC(C)=O)c2nc(N)ncc21. The van der Waals surface area contributed by atoms with E-state index >= 15 is 4.39 Å². The molecule has 1 saturated heterocycles. The Morgan fingerprint density at radius 2 is 2.13 bits per heavy atom. The molecule has 0 amide bonds. The lowest BCUT2D eigenvalue weighted by molar-refractivity contribution is -0.159. The minimum atomic E-state index is -1.89. The Balaban J connectivity index is 2.16. The van der Waals surface area contributed by atoms with Crippen molar-refractivity contribution in [2.45, 2.75) is 64.4 Å². The van der Waals surface area contributed by atoms with Crippen LogP contribution in [0.1, 0.15) is 33.4 Å². The van der Waals surface area contributed by atoms with Crippen LogP contribution >= 0.6 is 0 Å². The highest BCUT2D eigenvalue weighted by Gasteiger charge is 2.53. The Hall–Kier alpha value is -3.46. The molecule has 0 aliphatic carbocycles. The summed E-state index contributed by atoms with van der Waals surface area (Å²) in [4.78, 5) is 44.2. The maximum absolute atomic E-state index is 15.4. The normalized spacial score (nSPS) is 24.0. The van der Waals surface area contributed by atoms with Gasteiger partial charge in [-0.15, -0.1) is 6.42 Å². The average molecular weight is 435 g/mol. The van der Waals surface area contributed by atoms with Crippen LogP contribution in [0.15, 0.2) is 11.0 Å². The topological polar surface area (TPSA) is 141 Å². The molecule has 0 saturated carbocycles. The van der Waals surface area contributed by atoms with Crippen LogP contribution in [0.3, 0.4) is 0 Å². The molecule has 0 radical (unpaired) electrons. The highest BCUT2D eigenvalue weighted by Crippen LogP contribution is 2.37. The fraction of sp³-hybridized carbons (Fsp3) is 0.526. The lowest BCUT2D eigenvalue weighted by Gasteiger charge is -2.23. The first-order chi connectivity index (χ1) is 14.7. The van der Waals surface area contributed by atoms with Gasteiger partial charge in [0.25, 0.3) is 0 Å². The van der Waals surface area contributed by atoms with Crippen molar-refractivity contribution < 1.29 is 28.2 Å². The summed E-state index contributed by atoms with van der Waals surface area (Å²) in [6, 6.07) is 0. The van der Waals surface area contributed by atoms with E-state index in [4.69, 9.17) is 26.4 Å². The van der Waals surface area contributed by atoms with Crippen molar-refractivity contribution in [1.82, 2.24) is 19.1 Å². The number of ether oxygens (including phenoxy) is 3. The molecule has 3 rings (SSSR count). The molecule has 12 heteroatoms. The zero-order chi connectivity index (χ0) is 22.9. The van der Waals surface area contributed by atoms with Gasteiger partial charge in [-0.2, -0.15) is 4.98 Å². The number of nitrogens with two attached hydrogens (primary N) is 1. The number of hydrogen-bond acceptors (Lipinski definition) is 9. The Labute approximate surface area is 176 Å². The Morgan fingerprint density at radius 3 is 2.71 bits per heavy atom. The van der Waals surface area contributed by atoms with Gasteiger partial charge in [0.15, 0.2) is 24.2 Å². The van der Waals surface area contributed by atoms with Crippen LogP contribution < -0.4 is 11.4 Å². The second-order valence-electron chi connectivity index (χ2n) is 6.95. The molecule has 2 aromatic rings. The van der Waals surface area contributed by atoms with Gasteiger partial charge in [0, 0.05) is 13.8 Å². The van der Waals surface area contributed by atoms with E-state index in [9.17, 15) is 14.4 Å². The van der Waals surface area contributed by atoms with Crippen LogP contribution in [0, 0.1) is 12.3 Å². The van der Waals surface area contributed by atoms with Crippen molar-refractivity contribution >= 4 is 29.1 Å². The number of rotatable bonds is 6. The number of terminal acetylenes is 1. The lowest BCUT2D eigenvalue weighted by Crippen LogP contribution is -2.39. The molecule has 0 unspecified atom stereocenters. The second kappa shape index (κ2) is 8.73. The third-order valence-electron chi connectivity index (χ3n) is 4.82. The molecule has 31 heavy (non-hydrogen) atoms. The van der Waals surface area contributed by atoms with Gasteiger partial charge in [0.2, 0.25) is 5.95 Å². The summed E-state index contributed by atoms with van der Waals surface area (Å²) in [7, 11) is 0. The van der Waals surface area contributed by atoms with Crippen LogP contribution in [0.5, 0.6) is 0 Å². The molecule has 1 aliphatic rings. The molecule has 1 fully saturated rings. The highest BCUT2D eigenvalue weighted by atomic mass is 19.1. The largest absolute Gasteiger partial charge is 0.460 e. The molecule has 166 valence electrons. The van der Waals surface area contributed by atoms with E-state index in [0.29, 0.717) is 0 Å². The maximum atomic E-state index is 15.4. The number of halogens is 1. The van der Waals surface area contributed by atoms with Gasteiger partial charge in [-0.25, -0.2) is 18.7 Å². The molecule has 11 nitrogen and oxygen atoms in total. The predicted octanol–water partition coefficient (Wildman–Crippen LogP) is 0.317. The van der Waals surface area contributed by atoms with E-state index in [1.165, 1.54) is 17.7 Å². The zero-order valence-electron chi connectivity index (χ0n) is 17.1. The van der Waals surface area contributed by atoms with E-state index in [2.05, 4.69) is 15.9 Å². The fourth-order valence-corrected chi connectivity index (χ4v) is 3.61. The fourth-order valence-electron chi connectivity index (χ4n) is 3.61. The molecular formula is C19H22FN5O6. The summed E-state index contributed by atoms with van der Waals surface area (Å²) < 4.78 is 33.7. The van der Waals surface area contributed by atoms with Crippen LogP contribution in [0.2, 0.25) is 0 Å². The number of nitrogens with zero attached hydrogens (tertiary/aromatic N) is 4. The number of carbonyl (C=O) groups excluding carboxylic acids is 2. The number of imidazole rings is 1. The zero-order valence-corrected chi connectivity index (χ0v) is 17.1. The van der Waals surface area contributed by atoms with Gasteiger partial charge in [-0.3, -0.25) is 14.2 Å². The van der Waals surface area contributed by atoms with Crippen molar-refractivity contribution in [3.05, 3.63) is 16.7 Å². The molecule has 2 N–H and O–H groups in total. The number of fused-ring (bicyclic) bond motifs is 1. The minimum Gasteiger partial charge on any atom is -0.460 e. The maximum Gasteiger partial charge on any atom is 0.333 e. The van der Waals surface area contributed by atoms with E-state index in [1.807, 2.05) is 0 Å². The van der Waals surface area contributed by atoms with Crippen molar-refractivity contribution in [2.75, 3.05) is 5.73 Å². The molecule has 5 atom stereocenters. The van der Waals surface area contributed by atoms with Crippen molar-refractivity contribution in [3.8, 4) is 12.3 Å². The number of carbonyl (C=O) groups is 2. The minimum absolute atomic E-state index is 0.0308. The monoisotopic (exact) mass is 435 g/mol. The number of aromatic nitrogens is 4. The van der Waals surface area contributed by atoms with Crippen LogP contribution in [0.4, 0.5) is 10.3 Å². The van der Waals surface area contributed by atoms with E-state index < -0.39 is 48.3 Å². The number of alkyl halides is 1. The van der Waals surface area contributed by atoms with Gasteiger partial charge in [0.05, 0.1) is 12.7 Å². The number of esters is 2. The number of hydrogen-bond donors (Lipinski definition) is 1. The standard InChI is InChI=1S/C19H22FN5O6/c1-5-7-24-11-8-22-18(21)23-16(11)25(19(24)28)17-15(30-10(4)27)13(20)14(31-17)12(6-2)29-9(3)26/h1,8,12-15,17H,6-7H2,2-4H3,(H2,21,22,23)/t12-,13-,14+,15+,17+/m0/s1. The smallest absolute Gasteiger partial charge is 0.333 e. The van der Waals surface area contributed by atoms with Crippen molar-refractivity contribution in [1.29, 1.82) is 0 Å². The molecule has 0 aromatic carbocycles. The molecule has 0 spiro atoms. The van der Waals surface area contributed by atoms with Gasteiger partial charge >= 0.3 is 17.6 Å². The second-order valence-corrected chi connectivity index (χ2v) is 6.95. The van der Waals surface area contributed by atoms with Crippen molar-refractivity contribution in [3.63, 3.8) is 0 Å². The first-order valence-corrected chi connectivity index (χ1v) is 9.50. The van der Waals surface area contributed by atoms with Crippen LogP contribution in [0.25, 0.3) is 11.2 Å². The third-order valence-corrected chi connectivity index (χ3v) is 4.82.